The summed E-state index contributed by atoms with van der Waals surface area (Å²) < 4.78 is 11.6. The Kier molecular flexibility index (Phi) is 5.97. The summed E-state index contributed by atoms with van der Waals surface area (Å²) in [5.74, 6) is -0.0471. The fraction of sp³-hybridized carbons (Fsp3) is 0.500. The maximum Gasteiger partial charge on any atom is 0.227 e. The minimum absolute atomic E-state index is 0.0471. The zero-order chi connectivity index (χ0) is 14.4. The van der Waals surface area contributed by atoms with Gasteiger partial charge in [-0.2, -0.15) is 0 Å². The molecule has 1 aliphatic heterocycles. The van der Waals surface area contributed by atoms with E-state index in [4.69, 9.17) is 9.47 Å². The third kappa shape index (κ3) is 4.28. The first-order valence-electron chi connectivity index (χ1n) is 6.59. The van der Waals surface area contributed by atoms with E-state index >= 15 is 0 Å². The summed E-state index contributed by atoms with van der Waals surface area (Å²) in [6.45, 7) is 2.67. The van der Waals surface area contributed by atoms with Crippen LogP contribution in [0.5, 0.6) is 0 Å². The Morgan fingerprint density at radius 2 is 2.45 bits per heavy atom. The number of benzene rings is 1. The number of amides is 1. The molecule has 0 bridgehead atoms. The summed E-state index contributed by atoms with van der Waals surface area (Å²) >= 11 is 3.47. The molecule has 2 rings (SSSR count). The van der Waals surface area contributed by atoms with Crippen LogP contribution >= 0.6 is 15.9 Å². The van der Waals surface area contributed by atoms with Crippen molar-refractivity contribution in [3.8, 4) is 0 Å². The van der Waals surface area contributed by atoms with Crippen molar-refractivity contribution in [3.05, 3.63) is 28.2 Å². The van der Waals surface area contributed by atoms with Gasteiger partial charge in [-0.3, -0.25) is 4.79 Å². The van der Waals surface area contributed by atoms with E-state index in [0.717, 1.165) is 28.8 Å². The van der Waals surface area contributed by atoms with E-state index in [2.05, 4.69) is 26.6 Å². The molecule has 6 heteroatoms. The van der Waals surface area contributed by atoms with E-state index in [-0.39, 0.29) is 12.0 Å². The number of hydrogen-bond acceptors (Lipinski definition) is 4. The van der Waals surface area contributed by atoms with Gasteiger partial charge in [0, 0.05) is 35.9 Å². The van der Waals surface area contributed by atoms with E-state index in [1.54, 1.807) is 7.11 Å². The highest BCUT2D eigenvalue weighted by Gasteiger charge is 2.18. The SMILES string of the molecule is COCc1c(Br)cccc1NC(=O)CC1CNCCO1. The van der Waals surface area contributed by atoms with Gasteiger partial charge in [0.2, 0.25) is 5.91 Å². The minimum Gasteiger partial charge on any atom is -0.380 e. The van der Waals surface area contributed by atoms with Gasteiger partial charge in [-0.25, -0.2) is 0 Å². The highest BCUT2D eigenvalue weighted by molar-refractivity contribution is 9.10. The summed E-state index contributed by atoms with van der Waals surface area (Å²) in [7, 11) is 1.63. The zero-order valence-corrected chi connectivity index (χ0v) is 13.0. The molecule has 0 radical (unpaired) electrons. The molecule has 1 aromatic carbocycles. The Labute approximate surface area is 127 Å². The molecule has 1 fully saturated rings. The monoisotopic (exact) mass is 342 g/mol. The summed E-state index contributed by atoms with van der Waals surface area (Å²) in [5, 5.41) is 6.14. The molecule has 2 N–H and O–H groups in total. The third-order valence-electron chi connectivity index (χ3n) is 3.10. The van der Waals surface area contributed by atoms with E-state index in [0.29, 0.717) is 19.6 Å². The lowest BCUT2D eigenvalue weighted by Crippen LogP contribution is -2.40. The van der Waals surface area contributed by atoms with E-state index in [1.807, 2.05) is 18.2 Å². The summed E-state index contributed by atoms with van der Waals surface area (Å²) in [4.78, 5) is 12.1. The van der Waals surface area contributed by atoms with Gasteiger partial charge in [0.05, 0.1) is 25.7 Å². The van der Waals surface area contributed by atoms with Gasteiger partial charge in [0.25, 0.3) is 0 Å². The van der Waals surface area contributed by atoms with Crippen molar-refractivity contribution in [1.29, 1.82) is 0 Å². The largest absolute Gasteiger partial charge is 0.380 e. The molecule has 1 amide bonds. The number of morpholine rings is 1. The van der Waals surface area contributed by atoms with Crippen LogP contribution in [0.3, 0.4) is 0 Å². The van der Waals surface area contributed by atoms with Crippen LogP contribution in [0, 0.1) is 0 Å². The van der Waals surface area contributed by atoms with Crippen molar-refractivity contribution < 1.29 is 14.3 Å². The molecule has 5 nitrogen and oxygen atoms in total. The van der Waals surface area contributed by atoms with Crippen molar-refractivity contribution in [2.45, 2.75) is 19.1 Å². The van der Waals surface area contributed by atoms with Gasteiger partial charge in [-0.1, -0.05) is 22.0 Å². The Morgan fingerprint density at radius 3 is 3.15 bits per heavy atom. The summed E-state index contributed by atoms with van der Waals surface area (Å²) in [6.07, 6.45) is 0.299. The first kappa shape index (κ1) is 15.4. The molecule has 1 heterocycles. The lowest BCUT2D eigenvalue weighted by Gasteiger charge is -2.23. The maximum atomic E-state index is 12.1. The Morgan fingerprint density at radius 1 is 1.60 bits per heavy atom. The van der Waals surface area contributed by atoms with Crippen LogP contribution in [0.25, 0.3) is 0 Å². The van der Waals surface area contributed by atoms with Crippen LogP contribution in [0.1, 0.15) is 12.0 Å². The molecular formula is C14H19BrN2O3. The molecule has 1 aliphatic rings. The highest BCUT2D eigenvalue weighted by atomic mass is 79.9. The topological polar surface area (TPSA) is 59.6 Å². The maximum absolute atomic E-state index is 12.1. The fourth-order valence-electron chi connectivity index (χ4n) is 2.13. The molecule has 20 heavy (non-hydrogen) atoms. The number of halogens is 1. The Balaban J connectivity index is 1.98. The van der Waals surface area contributed by atoms with Crippen LogP contribution in [0.15, 0.2) is 22.7 Å². The fourth-order valence-corrected chi connectivity index (χ4v) is 2.61. The van der Waals surface area contributed by atoms with Crippen molar-refractivity contribution in [2.75, 3.05) is 32.1 Å². The predicted octanol–water partition coefficient (Wildman–Crippen LogP) is 1.91. The van der Waals surface area contributed by atoms with Gasteiger partial charge in [0.1, 0.15) is 0 Å². The second-order valence-corrected chi connectivity index (χ2v) is 5.50. The number of nitrogens with one attached hydrogen (secondary N) is 2. The molecule has 1 atom stereocenters. The van der Waals surface area contributed by atoms with Crippen LogP contribution < -0.4 is 10.6 Å². The zero-order valence-electron chi connectivity index (χ0n) is 11.4. The standard InChI is InChI=1S/C14H19BrN2O3/c1-19-9-11-12(15)3-2-4-13(11)17-14(18)7-10-8-16-5-6-20-10/h2-4,10,16H,5-9H2,1H3,(H,17,18). The van der Waals surface area contributed by atoms with Crippen LogP contribution in [-0.4, -0.2) is 38.8 Å². The van der Waals surface area contributed by atoms with Crippen molar-refractivity contribution >= 4 is 27.5 Å². The molecule has 0 aromatic heterocycles. The molecule has 1 aromatic rings. The molecule has 0 aliphatic carbocycles. The minimum atomic E-state index is -0.0539. The smallest absolute Gasteiger partial charge is 0.227 e. The highest BCUT2D eigenvalue weighted by Crippen LogP contribution is 2.25. The number of anilines is 1. The Bertz CT molecular complexity index is 462. The van der Waals surface area contributed by atoms with Gasteiger partial charge >= 0.3 is 0 Å². The normalized spacial score (nSPS) is 18.8. The van der Waals surface area contributed by atoms with Gasteiger partial charge in [0.15, 0.2) is 0 Å². The van der Waals surface area contributed by atoms with Crippen LogP contribution in [0.4, 0.5) is 5.69 Å². The molecule has 110 valence electrons. The number of rotatable bonds is 5. The molecule has 1 saturated heterocycles. The second-order valence-electron chi connectivity index (χ2n) is 4.65. The van der Waals surface area contributed by atoms with E-state index < -0.39 is 0 Å². The van der Waals surface area contributed by atoms with Crippen LogP contribution in [0.2, 0.25) is 0 Å². The van der Waals surface area contributed by atoms with Crippen molar-refractivity contribution in [2.24, 2.45) is 0 Å². The average molecular weight is 343 g/mol. The first-order chi connectivity index (χ1) is 9.70. The summed E-state index contributed by atoms with van der Waals surface area (Å²) in [6, 6.07) is 5.69. The second kappa shape index (κ2) is 7.73. The Hall–Kier alpha value is -0.950. The van der Waals surface area contributed by atoms with Crippen molar-refractivity contribution in [1.82, 2.24) is 5.32 Å². The first-order valence-corrected chi connectivity index (χ1v) is 7.38. The molecular weight excluding hydrogens is 324 g/mol. The number of ether oxygens (including phenoxy) is 2. The van der Waals surface area contributed by atoms with Crippen LogP contribution in [-0.2, 0) is 20.9 Å². The molecule has 1 unspecified atom stereocenters. The predicted molar refractivity (Wildman–Crippen MR) is 80.7 cm³/mol. The number of carbonyl (C=O) groups excluding carboxylic acids is 1. The lowest BCUT2D eigenvalue weighted by molar-refractivity contribution is -0.119. The van der Waals surface area contributed by atoms with E-state index in [9.17, 15) is 4.79 Å². The quantitative estimate of drug-likeness (QED) is 0.858. The van der Waals surface area contributed by atoms with Crippen molar-refractivity contribution in [3.63, 3.8) is 0 Å². The van der Waals surface area contributed by atoms with Gasteiger partial charge < -0.3 is 20.1 Å². The number of hydrogen-bond donors (Lipinski definition) is 2. The number of carbonyl (C=O) groups is 1. The average Bonchev–Trinajstić information content (AvgIpc) is 2.44. The molecule has 0 saturated carbocycles. The molecule has 0 spiro atoms. The third-order valence-corrected chi connectivity index (χ3v) is 3.84. The van der Waals surface area contributed by atoms with Gasteiger partial charge in [-0.05, 0) is 12.1 Å². The van der Waals surface area contributed by atoms with E-state index in [1.165, 1.54) is 0 Å². The number of methoxy groups -OCH3 is 1. The summed E-state index contributed by atoms with van der Waals surface area (Å²) in [5.41, 5.74) is 1.71. The van der Waals surface area contributed by atoms with Gasteiger partial charge in [-0.15, -0.1) is 0 Å². The lowest BCUT2D eigenvalue weighted by atomic mass is 10.1.